The Morgan fingerprint density at radius 1 is 1.59 bits per heavy atom. The monoisotopic (exact) mass is 255 g/mol. The first-order chi connectivity index (χ1) is 8.00. The molecule has 0 spiro atoms. The van der Waals surface area contributed by atoms with E-state index in [0.717, 1.165) is 19.3 Å². The highest BCUT2D eigenvalue weighted by molar-refractivity contribution is 6.33. The highest BCUT2D eigenvalue weighted by Gasteiger charge is 2.32. The van der Waals surface area contributed by atoms with Gasteiger partial charge >= 0.3 is 0 Å². The molecule has 1 saturated carbocycles. The molecule has 2 N–H and O–H groups in total. The molecule has 1 aromatic rings. The van der Waals surface area contributed by atoms with Crippen LogP contribution in [-0.2, 0) is 0 Å². The van der Waals surface area contributed by atoms with Crippen molar-refractivity contribution in [3.8, 4) is 0 Å². The van der Waals surface area contributed by atoms with Gasteiger partial charge in [-0.1, -0.05) is 11.6 Å². The lowest BCUT2D eigenvalue weighted by molar-refractivity contribution is 0.0909. The van der Waals surface area contributed by atoms with E-state index in [1.54, 1.807) is 10.9 Å². The zero-order valence-corrected chi connectivity index (χ0v) is 10.9. The molecule has 2 unspecified atom stereocenters. The lowest BCUT2D eigenvalue weighted by Gasteiger charge is -2.13. The largest absolute Gasteiger partial charge is 0.328 e. The van der Waals surface area contributed by atoms with Gasteiger partial charge in [-0.15, -0.1) is 0 Å². The van der Waals surface area contributed by atoms with Crippen molar-refractivity contribution < 1.29 is 4.79 Å². The van der Waals surface area contributed by atoms with E-state index in [1.165, 1.54) is 0 Å². The first kappa shape index (κ1) is 12.6. The van der Waals surface area contributed by atoms with Crippen molar-refractivity contribution in [1.29, 1.82) is 0 Å². The number of carbonyl (C=O) groups excluding carboxylic acids is 1. The van der Waals surface area contributed by atoms with Crippen LogP contribution >= 0.6 is 11.6 Å². The number of ketones is 1. The number of nitrogens with zero attached hydrogens (tertiary/aromatic N) is 2. The Morgan fingerprint density at radius 2 is 2.29 bits per heavy atom. The maximum Gasteiger partial charge on any atom is 0.185 e. The smallest absolute Gasteiger partial charge is 0.185 e. The number of rotatable bonds is 3. The van der Waals surface area contributed by atoms with Crippen molar-refractivity contribution in [3.63, 3.8) is 0 Å². The molecule has 0 radical (unpaired) electrons. The Kier molecular flexibility index (Phi) is 3.54. The minimum absolute atomic E-state index is 0.0108. The van der Waals surface area contributed by atoms with E-state index in [-0.39, 0.29) is 23.8 Å². The quantitative estimate of drug-likeness (QED) is 0.844. The van der Waals surface area contributed by atoms with E-state index in [4.69, 9.17) is 17.3 Å². The highest BCUT2D eigenvalue weighted by atomic mass is 35.5. The molecule has 1 aliphatic rings. The number of hydrogen-bond acceptors (Lipinski definition) is 3. The second-order valence-electron chi connectivity index (χ2n) is 5.01. The van der Waals surface area contributed by atoms with E-state index in [0.29, 0.717) is 10.7 Å². The van der Waals surface area contributed by atoms with Crippen molar-refractivity contribution in [2.24, 2.45) is 11.7 Å². The van der Waals surface area contributed by atoms with Crippen molar-refractivity contribution in [2.75, 3.05) is 0 Å². The summed E-state index contributed by atoms with van der Waals surface area (Å²) in [6, 6.07) is 0.287. The minimum Gasteiger partial charge on any atom is -0.328 e. The summed E-state index contributed by atoms with van der Waals surface area (Å²) < 4.78 is 1.70. The van der Waals surface area contributed by atoms with Crippen LogP contribution in [0.2, 0.25) is 5.02 Å². The molecule has 1 heterocycles. The van der Waals surface area contributed by atoms with Crippen LogP contribution in [0.15, 0.2) is 6.20 Å². The third-order valence-corrected chi connectivity index (χ3v) is 3.59. The third-order valence-electron chi connectivity index (χ3n) is 3.32. The van der Waals surface area contributed by atoms with Gasteiger partial charge in [-0.2, -0.15) is 5.10 Å². The first-order valence-electron chi connectivity index (χ1n) is 6.03. The lowest BCUT2D eigenvalue weighted by atomic mass is 9.99. The van der Waals surface area contributed by atoms with E-state index in [2.05, 4.69) is 5.10 Å². The average molecular weight is 256 g/mol. The molecular formula is C12H18ClN3O. The number of halogens is 1. The van der Waals surface area contributed by atoms with Gasteiger partial charge in [-0.3, -0.25) is 9.48 Å². The molecule has 1 aromatic heterocycles. The van der Waals surface area contributed by atoms with Crippen molar-refractivity contribution >= 4 is 17.4 Å². The van der Waals surface area contributed by atoms with Crippen molar-refractivity contribution in [3.05, 3.63) is 16.9 Å². The minimum atomic E-state index is 0.0108. The summed E-state index contributed by atoms with van der Waals surface area (Å²) in [4.78, 5) is 12.4. The molecule has 17 heavy (non-hydrogen) atoms. The molecule has 1 fully saturated rings. The zero-order chi connectivity index (χ0) is 12.6. The van der Waals surface area contributed by atoms with Crippen LogP contribution in [0.4, 0.5) is 0 Å². The summed E-state index contributed by atoms with van der Waals surface area (Å²) in [7, 11) is 0. The van der Waals surface area contributed by atoms with E-state index in [9.17, 15) is 4.79 Å². The van der Waals surface area contributed by atoms with Gasteiger partial charge in [0.05, 0.1) is 11.2 Å². The first-order valence-corrected chi connectivity index (χ1v) is 6.41. The fraction of sp³-hybridized carbons (Fsp3) is 0.667. The van der Waals surface area contributed by atoms with Crippen LogP contribution in [0.5, 0.6) is 0 Å². The third kappa shape index (κ3) is 2.38. The summed E-state index contributed by atoms with van der Waals surface area (Å²) in [6.45, 7) is 3.97. The molecule has 0 aliphatic heterocycles. The molecule has 2 atom stereocenters. The van der Waals surface area contributed by atoms with Crippen LogP contribution in [-0.4, -0.2) is 21.6 Å². The van der Waals surface area contributed by atoms with Crippen LogP contribution in [0.3, 0.4) is 0 Å². The maximum absolute atomic E-state index is 12.4. The summed E-state index contributed by atoms with van der Waals surface area (Å²) in [5.41, 5.74) is 6.39. The van der Waals surface area contributed by atoms with Gasteiger partial charge in [-0.25, -0.2) is 0 Å². The van der Waals surface area contributed by atoms with E-state index >= 15 is 0 Å². The molecule has 2 rings (SSSR count). The van der Waals surface area contributed by atoms with Gasteiger partial charge in [0.25, 0.3) is 0 Å². The molecular weight excluding hydrogens is 238 g/mol. The molecule has 1 aliphatic carbocycles. The van der Waals surface area contributed by atoms with Gasteiger partial charge in [0.2, 0.25) is 0 Å². The Balaban J connectivity index is 2.27. The molecule has 5 heteroatoms. The number of Topliss-reactive ketones (excluding diaryl/α,β-unsaturated/α-hetero) is 1. The molecule has 0 saturated heterocycles. The second kappa shape index (κ2) is 4.78. The lowest BCUT2D eigenvalue weighted by Crippen LogP contribution is -2.21. The number of aromatic nitrogens is 2. The molecule has 0 amide bonds. The molecule has 0 bridgehead atoms. The van der Waals surface area contributed by atoms with Crippen LogP contribution < -0.4 is 5.73 Å². The van der Waals surface area contributed by atoms with Gasteiger partial charge in [0.1, 0.15) is 5.69 Å². The predicted molar refractivity (Wildman–Crippen MR) is 67.3 cm³/mol. The van der Waals surface area contributed by atoms with Gasteiger partial charge in [-0.05, 0) is 33.1 Å². The van der Waals surface area contributed by atoms with Gasteiger partial charge in [0.15, 0.2) is 5.78 Å². The Hall–Kier alpha value is -0.870. The Bertz CT molecular complexity index is 427. The van der Waals surface area contributed by atoms with Crippen LogP contribution in [0.1, 0.15) is 49.6 Å². The van der Waals surface area contributed by atoms with Gasteiger partial charge in [0, 0.05) is 18.0 Å². The SMILES string of the molecule is CC(C)n1ncc(Cl)c1C(=O)C1CCC(N)C1. The second-order valence-corrected chi connectivity index (χ2v) is 5.42. The Labute approximate surface area is 106 Å². The standard InChI is InChI=1S/C12H18ClN3O/c1-7(2)16-11(10(13)6-15-16)12(17)8-3-4-9(14)5-8/h6-9H,3-5,14H2,1-2H3. The fourth-order valence-electron chi connectivity index (χ4n) is 2.41. The topological polar surface area (TPSA) is 60.9 Å². The molecule has 0 aromatic carbocycles. The normalized spacial score (nSPS) is 24.5. The molecule has 94 valence electrons. The van der Waals surface area contributed by atoms with Crippen LogP contribution in [0.25, 0.3) is 0 Å². The van der Waals surface area contributed by atoms with Gasteiger partial charge < -0.3 is 5.73 Å². The summed E-state index contributed by atoms with van der Waals surface area (Å²) in [5.74, 6) is 0.103. The summed E-state index contributed by atoms with van der Waals surface area (Å²) in [6.07, 6.45) is 4.09. The fourth-order valence-corrected chi connectivity index (χ4v) is 2.63. The zero-order valence-electron chi connectivity index (χ0n) is 10.2. The van der Waals surface area contributed by atoms with Crippen molar-refractivity contribution in [2.45, 2.75) is 45.2 Å². The summed E-state index contributed by atoms with van der Waals surface area (Å²) >= 11 is 6.06. The number of carbonyl (C=O) groups is 1. The van der Waals surface area contributed by atoms with Crippen LogP contribution in [0, 0.1) is 5.92 Å². The van der Waals surface area contributed by atoms with Crippen molar-refractivity contribution in [1.82, 2.24) is 9.78 Å². The maximum atomic E-state index is 12.4. The predicted octanol–water partition coefficient (Wildman–Crippen LogP) is 2.43. The Morgan fingerprint density at radius 3 is 2.82 bits per heavy atom. The summed E-state index contributed by atoms with van der Waals surface area (Å²) in [5, 5.41) is 4.61. The highest BCUT2D eigenvalue weighted by Crippen LogP contribution is 2.30. The van der Waals surface area contributed by atoms with E-state index in [1.807, 2.05) is 13.8 Å². The number of hydrogen-bond donors (Lipinski definition) is 1. The van der Waals surface area contributed by atoms with E-state index < -0.39 is 0 Å². The number of nitrogens with two attached hydrogens (primary N) is 1. The molecule has 4 nitrogen and oxygen atoms in total. The average Bonchev–Trinajstić information content (AvgIpc) is 2.83.